The molecule has 1 atom stereocenters. The van der Waals surface area contributed by atoms with Gasteiger partial charge in [0.25, 0.3) is 0 Å². The second-order valence-electron chi connectivity index (χ2n) is 4.86. The fourth-order valence-electron chi connectivity index (χ4n) is 1.88. The van der Waals surface area contributed by atoms with Crippen molar-refractivity contribution in [3.63, 3.8) is 0 Å². The highest BCUT2D eigenvalue weighted by Crippen LogP contribution is 2.41. The van der Waals surface area contributed by atoms with E-state index >= 15 is 0 Å². The third-order valence-corrected chi connectivity index (χ3v) is 3.61. The van der Waals surface area contributed by atoms with Gasteiger partial charge in [-0.15, -0.1) is 0 Å². The maximum atomic E-state index is 11.1. The molecular formula is C13H18N2O3. The first kappa shape index (κ1) is 13.0. The van der Waals surface area contributed by atoms with Gasteiger partial charge in [0.2, 0.25) is 0 Å². The van der Waals surface area contributed by atoms with Gasteiger partial charge >= 0.3 is 5.97 Å². The summed E-state index contributed by atoms with van der Waals surface area (Å²) in [5, 5.41) is 9.14. The maximum Gasteiger partial charge on any atom is 0.339 e. The molecule has 0 saturated heterocycles. The summed E-state index contributed by atoms with van der Waals surface area (Å²) in [4.78, 5) is 19.8. The van der Waals surface area contributed by atoms with E-state index in [1.807, 2.05) is 13.8 Å². The molecule has 0 aliphatic heterocycles. The lowest BCUT2D eigenvalue weighted by atomic mass is 10.0. The van der Waals surface area contributed by atoms with Crippen LogP contribution in [0.3, 0.4) is 0 Å². The van der Waals surface area contributed by atoms with E-state index < -0.39 is 11.6 Å². The molecule has 1 aromatic rings. The first-order valence-electron chi connectivity index (χ1n) is 6.17. The van der Waals surface area contributed by atoms with Gasteiger partial charge in [0, 0.05) is 19.2 Å². The monoisotopic (exact) mass is 250 g/mol. The summed E-state index contributed by atoms with van der Waals surface area (Å²) in [7, 11) is 1.62. The van der Waals surface area contributed by atoms with E-state index in [0.717, 1.165) is 19.3 Å². The van der Waals surface area contributed by atoms with E-state index in [1.54, 1.807) is 7.11 Å². The van der Waals surface area contributed by atoms with Crippen LogP contribution in [0.25, 0.3) is 0 Å². The Bertz CT molecular complexity index is 465. The lowest BCUT2D eigenvalue weighted by molar-refractivity contribution is -0.00924. The van der Waals surface area contributed by atoms with Crippen molar-refractivity contribution in [1.29, 1.82) is 0 Å². The molecule has 1 aromatic heterocycles. The summed E-state index contributed by atoms with van der Waals surface area (Å²) in [6.45, 7) is 3.91. The third kappa shape index (κ3) is 2.22. The van der Waals surface area contributed by atoms with Crippen LogP contribution in [0, 0.1) is 0 Å². The number of rotatable bonds is 5. The maximum absolute atomic E-state index is 11.1. The lowest BCUT2D eigenvalue weighted by Gasteiger charge is -2.25. The number of methoxy groups -OCH3 is 1. The first-order chi connectivity index (χ1) is 8.51. The Morgan fingerprint density at radius 3 is 2.72 bits per heavy atom. The van der Waals surface area contributed by atoms with Crippen molar-refractivity contribution in [1.82, 2.24) is 9.97 Å². The minimum atomic E-state index is -0.959. The van der Waals surface area contributed by atoms with Crippen LogP contribution in [-0.2, 0) is 10.3 Å². The SMILES string of the molecule is CCC(C)(OC)c1ncc(C(=O)O)c(C2CC2)n1. The van der Waals surface area contributed by atoms with E-state index in [0.29, 0.717) is 11.5 Å². The highest BCUT2D eigenvalue weighted by atomic mass is 16.5. The van der Waals surface area contributed by atoms with Gasteiger partial charge in [0.05, 0.1) is 11.3 Å². The van der Waals surface area contributed by atoms with Gasteiger partial charge in [-0.2, -0.15) is 0 Å². The fourth-order valence-corrected chi connectivity index (χ4v) is 1.88. The number of hydrogen-bond acceptors (Lipinski definition) is 4. The van der Waals surface area contributed by atoms with E-state index in [1.165, 1.54) is 6.20 Å². The number of nitrogens with zero attached hydrogens (tertiary/aromatic N) is 2. The molecule has 1 aliphatic rings. The molecule has 0 amide bonds. The van der Waals surface area contributed by atoms with Crippen LogP contribution in [0.1, 0.15) is 60.9 Å². The average molecular weight is 250 g/mol. The number of carboxylic acids is 1. The van der Waals surface area contributed by atoms with Crippen molar-refractivity contribution in [2.75, 3.05) is 7.11 Å². The number of aromatic carboxylic acids is 1. The first-order valence-corrected chi connectivity index (χ1v) is 6.17. The molecule has 1 N–H and O–H groups in total. The Kier molecular flexibility index (Phi) is 3.34. The number of aromatic nitrogens is 2. The minimum absolute atomic E-state index is 0.218. The number of carboxylic acid groups (broad SMARTS) is 1. The Labute approximate surface area is 106 Å². The van der Waals surface area contributed by atoms with Crippen molar-refractivity contribution >= 4 is 5.97 Å². The molecule has 98 valence electrons. The van der Waals surface area contributed by atoms with Gasteiger partial charge in [-0.1, -0.05) is 6.92 Å². The predicted molar refractivity (Wildman–Crippen MR) is 65.6 cm³/mol. The molecule has 1 unspecified atom stereocenters. The highest BCUT2D eigenvalue weighted by molar-refractivity contribution is 5.88. The van der Waals surface area contributed by atoms with Gasteiger partial charge in [-0.25, -0.2) is 14.8 Å². The van der Waals surface area contributed by atoms with Crippen LogP contribution >= 0.6 is 0 Å². The van der Waals surface area contributed by atoms with E-state index in [9.17, 15) is 4.79 Å². The summed E-state index contributed by atoms with van der Waals surface area (Å²) in [6, 6.07) is 0. The highest BCUT2D eigenvalue weighted by Gasteiger charge is 2.34. The smallest absolute Gasteiger partial charge is 0.339 e. The zero-order chi connectivity index (χ0) is 13.3. The summed E-state index contributed by atoms with van der Waals surface area (Å²) >= 11 is 0. The van der Waals surface area contributed by atoms with Crippen molar-refractivity contribution in [2.24, 2.45) is 0 Å². The fraction of sp³-hybridized carbons (Fsp3) is 0.615. The van der Waals surface area contributed by atoms with Gasteiger partial charge in [0.15, 0.2) is 5.82 Å². The predicted octanol–water partition coefficient (Wildman–Crippen LogP) is 2.32. The molecule has 1 aliphatic carbocycles. The van der Waals surface area contributed by atoms with Gasteiger partial charge < -0.3 is 9.84 Å². The topological polar surface area (TPSA) is 72.3 Å². The summed E-state index contributed by atoms with van der Waals surface area (Å²) in [5.41, 5.74) is 0.320. The van der Waals surface area contributed by atoms with E-state index in [4.69, 9.17) is 9.84 Å². The van der Waals surface area contributed by atoms with Crippen LogP contribution < -0.4 is 0 Å². The Hall–Kier alpha value is -1.49. The zero-order valence-corrected chi connectivity index (χ0v) is 10.9. The summed E-state index contributed by atoms with van der Waals surface area (Å²) in [6.07, 6.45) is 4.16. The standard InChI is InChI=1S/C13H18N2O3/c1-4-13(2,18-3)12-14-7-9(11(16)17)10(15-12)8-5-6-8/h7-8H,4-6H2,1-3H3,(H,16,17). The molecule has 0 spiro atoms. The van der Waals surface area contributed by atoms with Crippen molar-refractivity contribution in [3.8, 4) is 0 Å². The second kappa shape index (κ2) is 4.65. The molecule has 1 saturated carbocycles. The molecule has 5 nitrogen and oxygen atoms in total. The number of ether oxygens (including phenoxy) is 1. The lowest BCUT2D eigenvalue weighted by Crippen LogP contribution is -2.27. The normalized spacial score (nSPS) is 18.4. The van der Waals surface area contributed by atoms with Crippen molar-refractivity contribution < 1.29 is 14.6 Å². The molecule has 2 rings (SSSR count). The summed E-state index contributed by atoms with van der Waals surface area (Å²) in [5.74, 6) is -0.116. The van der Waals surface area contributed by atoms with Crippen molar-refractivity contribution in [2.45, 2.75) is 44.6 Å². The third-order valence-electron chi connectivity index (χ3n) is 3.61. The van der Waals surface area contributed by atoms with Crippen LogP contribution in [0.15, 0.2) is 6.20 Å². The van der Waals surface area contributed by atoms with Crippen LogP contribution in [0.2, 0.25) is 0 Å². The molecule has 0 bridgehead atoms. The molecule has 5 heteroatoms. The van der Waals surface area contributed by atoms with Crippen LogP contribution in [-0.4, -0.2) is 28.2 Å². The van der Waals surface area contributed by atoms with Crippen molar-refractivity contribution in [3.05, 3.63) is 23.3 Å². The molecule has 1 fully saturated rings. The molecule has 1 heterocycles. The van der Waals surface area contributed by atoms with Gasteiger partial charge in [-0.3, -0.25) is 0 Å². The zero-order valence-electron chi connectivity index (χ0n) is 10.9. The second-order valence-corrected chi connectivity index (χ2v) is 4.86. The molecule has 0 radical (unpaired) electrons. The van der Waals surface area contributed by atoms with Crippen LogP contribution in [0.5, 0.6) is 0 Å². The molecule has 18 heavy (non-hydrogen) atoms. The van der Waals surface area contributed by atoms with Crippen LogP contribution in [0.4, 0.5) is 0 Å². The van der Waals surface area contributed by atoms with Gasteiger partial charge in [-0.05, 0) is 26.2 Å². The number of carbonyl (C=O) groups is 1. The number of hydrogen-bond donors (Lipinski definition) is 1. The van der Waals surface area contributed by atoms with E-state index in [2.05, 4.69) is 9.97 Å². The largest absolute Gasteiger partial charge is 0.478 e. The van der Waals surface area contributed by atoms with E-state index in [-0.39, 0.29) is 11.5 Å². The average Bonchev–Trinajstić information content (AvgIpc) is 3.21. The summed E-state index contributed by atoms with van der Waals surface area (Å²) < 4.78 is 5.46. The quantitative estimate of drug-likeness (QED) is 0.868. The Balaban J connectivity index is 2.46. The Morgan fingerprint density at radius 2 is 2.28 bits per heavy atom. The van der Waals surface area contributed by atoms with Gasteiger partial charge in [0.1, 0.15) is 5.60 Å². The minimum Gasteiger partial charge on any atom is -0.478 e. The molecular weight excluding hydrogens is 232 g/mol. The Morgan fingerprint density at radius 1 is 1.61 bits per heavy atom. The molecule has 0 aromatic carbocycles.